The number of ether oxygens (including phenoxy) is 1. The number of rotatable bonds is 4. The van der Waals surface area contributed by atoms with E-state index in [-0.39, 0.29) is 12.1 Å². The van der Waals surface area contributed by atoms with Gasteiger partial charge in [-0.15, -0.1) is 0 Å². The summed E-state index contributed by atoms with van der Waals surface area (Å²) >= 11 is 0. The van der Waals surface area contributed by atoms with Gasteiger partial charge < -0.3 is 15.4 Å². The van der Waals surface area contributed by atoms with E-state index in [2.05, 4.69) is 10.6 Å². The van der Waals surface area contributed by atoms with Gasteiger partial charge >= 0.3 is 6.09 Å². The molecule has 2 N–H and O–H groups in total. The van der Waals surface area contributed by atoms with E-state index in [0.29, 0.717) is 0 Å². The minimum atomic E-state index is -0.480. The lowest BCUT2D eigenvalue weighted by atomic mass is 10.0. The zero-order chi connectivity index (χ0) is 14.5. The molecule has 0 aromatic heterocycles. The molecule has 0 aliphatic heterocycles. The molecule has 0 spiro atoms. The van der Waals surface area contributed by atoms with E-state index in [0.717, 1.165) is 5.56 Å². The fraction of sp³-hybridized carbons (Fsp3) is 0.533. The summed E-state index contributed by atoms with van der Waals surface area (Å²) in [7, 11) is 1.88. The van der Waals surface area contributed by atoms with E-state index in [9.17, 15) is 4.79 Å². The van der Waals surface area contributed by atoms with Crippen LogP contribution in [0.3, 0.4) is 0 Å². The Kier molecular flexibility index (Phi) is 5.36. The molecule has 0 bridgehead atoms. The standard InChI is InChI=1S/C15H24N2O2/c1-11(17-14(18)19-15(2,3)4)13(16-5)12-9-7-6-8-10-12/h6-11,13,16H,1-5H3,(H,17,18)/t11-,13-/m0/s1. The minimum absolute atomic E-state index is 0.0497. The lowest BCUT2D eigenvalue weighted by Gasteiger charge is -2.27. The molecule has 1 aromatic rings. The van der Waals surface area contributed by atoms with E-state index in [1.165, 1.54) is 0 Å². The zero-order valence-electron chi connectivity index (χ0n) is 12.4. The SMILES string of the molecule is CN[C@H](c1ccccc1)[C@H](C)NC(=O)OC(C)(C)C. The average Bonchev–Trinajstić information content (AvgIpc) is 2.28. The van der Waals surface area contributed by atoms with Crippen LogP contribution in [0.4, 0.5) is 4.79 Å². The quantitative estimate of drug-likeness (QED) is 0.879. The predicted molar refractivity (Wildman–Crippen MR) is 77.1 cm³/mol. The van der Waals surface area contributed by atoms with Crippen molar-refractivity contribution in [3.05, 3.63) is 35.9 Å². The van der Waals surface area contributed by atoms with Crippen LogP contribution in [0.2, 0.25) is 0 Å². The third-order valence-electron chi connectivity index (χ3n) is 2.71. The first-order chi connectivity index (χ1) is 8.83. The second kappa shape index (κ2) is 6.57. The first-order valence-corrected chi connectivity index (χ1v) is 6.55. The van der Waals surface area contributed by atoms with Crippen molar-refractivity contribution >= 4 is 6.09 Å². The van der Waals surface area contributed by atoms with Crippen molar-refractivity contribution in [2.24, 2.45) is 0 Å². The van der Waals surface area contributed by atoms with Gasteiger partial charge in [0, 0.05) is 6.04 Å². The van der Waals surface area contributed by atoms with E-state index in [1.807, 2.05) is 65.1 Å². The van der Waals surface area contributed by atoms with Gasteiger partial charge in [-0.05, 0) is 40.3 Å². The van der Waals surface area contributed by atoms with E-state index >= 15 is 0 Å². The van der Waals surface area contributed by atoms with Gasteiger partial charge in [-0.2, -0.15) is 0 Å². The highest BCUT2D eigenvalue weighted by molar-refractivity contribution is 5.68. The van der Waals surface area contributed by atoms with Gasteiger partial charge in [0.25, 0.3) is 0 Å². The van der Waals surface area contributed by atoms with Crippen molar-refractivity contribution in [1.82, 2.24) is 10.6 Å². The molecule has 0 fully saturated rings. The number of hydrogen-bond acceptors (Lipinski definition) is 3. The fourth-order valence-electron chi connectivity index (χ4n) is 1.94. The molecule has 0 aliphatic carbocycles. The minimum Gasteiger partial charge on any atom is -0.444 e. The largest absolute Gasteiger partial charge is 0.444 e. The van der Waals surface area contributed by atoms with Crippen molar-refractivity contribution in [3.8, 4) is 0 Å². The Morgan fingerprint density at radius 3 is 2.26 bits per heavy atom. The van der Waals surface area contributed by atoms with Crippen LogP contribution in [0.15, 0.2) is 30.3 Å². The number of nitrogens with one attached hydrogen (secondary N) is 2. The molecule has 1 amide bonds. The second-order valence-electron chi connectivity index (χ2n) is 5.61. The highest BCUT2D eigenvalue weighted by atomic mass is 16.6. The maximum Gasteiger partial charge on any atom is 0.407 e. The molecule has 0 saturated carbocycles. The van der Waals surface area contributed by atoms with Crippen molar-refractivity contribution in [2.45, 2.75) is 45.4 Å². The number of benzene rings is 1. The van der Waals surface area contributed by atoms with Crippen LogP contribution in [0, 0.1) is 0 Å². The highest BCUT2D eigenvalue weighted by Crippen LogP contribution is 2.16. The molecule has 4 heteroatoms. The number of likely N-dealkylation sites (N-methyl/N-ethyl adjacent to an activating group) is 1. The topological polar surface area (TPSA) is 50.4 Å². The number of hydrogen-bond donors (Lipinski definition) is 2. The van der Waals surface area contributed by atoms with Gasteiger partial charge in [0.2, 0.25) is 0 Å². The Morgan fingerprint density at radius 1 is 1.21 bits per heavy atom. The molecule has 19 heavy (non-hydrogen) atoms. The summed E-state index contributed by atoms with van der Waals surface area (Å²) in [5.74, 6) is 0. The summed E-state index contributed by atoms with van der Waals surface area (Å²) in [5.41, 5.74) is 0.652. The van der Waals surface area contributed by atoms with Gasteiger partial charge in [0.1, 0.15) is 5.60 Å². The Labute approximate surface area is 115 Å². The van der Waals surface area contributed by atoms with Crippen LogP contribution in [-0.4, -0.2) is 24.8 Å². The molecular formula is C15H24N2O2. The smallest absolute Gasteiger partial charge is 0.407 e. The van der Waals surface area contributed by atoms with Crippen molar-refractivity contribution in [2.75, 3.05) is 7.05 Å². The molecule has 1 rings (SSSR count). The monoisotopic (exact) mass is 264 g/mol. The fourth-order valence-corrected chi connectivity index (χ4v) is 1.94. The maximum absolute atomic E-state index is 11.8. The predicted octanol–water partition coefficient (Wildman–Crippen LogP) is 2.86. The lowest BCUT2D eigenvalue weighted by Crippen LogP contribution is -2.43. The molecule has 4 nitrogen and oxygen atoms in total. The normalized spacial score (nSPS) is 14.6. The van der Waals surface area contributed by atoms with Crippen LogP contribution in [0.1, 0.15) is 39.3 Å². The molecule has 2 atom stereocenters. The van der Waals surface area contributed by atoms with Crippen LogP contribution >= 0.6 is 0 Å². The van der Waals surface area contributed by atoms with Gasteiger partial charge in [-0.25, -0.2) is 4.79 Å². The Balaban J connectivity index is 2.65. The molecule has 0 heterocycles. The number of alkyl carbamates (subject to hydrolysis) is 1. The first kappa shape index (κ1) is 15.5. The molecule has 106 valence electrons. The molecule has 0 aliphatic rings. The van der Waals surface area contributed by atoms with E-state index in [4.69, 9.17) is 4.74 Å². The van der Waals surface area contributed by atoms with E-state index in [1.54, 1.807) is 0 Å². The first-order valence-electron chi connectivity index (χ1n) is 6.55. The zero-order valence-corrected chi connectivity index (χ0v) is 12.4. The summed E-state index contributed by atoms with van der Waals surface area (Å²) in [6.07, 6.45) is -0.392. The Morgan fingerprint density at radius 2 is 1.79 bits per heavy atom. The van der Waals surface area contributed by atoms with Gasteiger partial charge in [-0.1, -0.05) is 30.3 Å². The highest BCUT2D eigenvalue weighted by Gasteiger charge is 2.22. The lowest BCUT2D eigenvalue weighted by molar-refractivity contribution is 0.0498. The summed E-state index contributed by atoms with van der Waals surface area (Å²) in [6.45, 7) is 7.51. The Bertz CT molecular complexity index is 398. The summed E-state index contributed by atoms with van der Waals surface area (Å²) in [4.78, 5) is 11.8. The van der Waals surface area contributed by atoms with Gasteiger partial charge in [-0.3, -0.25) is 0 Å². The third-order valence-corrected chi connectivity index (χ3v) is 2.71. The number of carbonyl (C=O) groups is 1. The molecule has 0 radical (unpaired) electrons. The number of carbonyl (C=O) groups excluding carboxylic acids is 1. The summed E-state index contributed by atoms with van der Waals surface area (Å²) in [5, 5.41) is 6.08. The van der Waals surface area contributed by atoms with Crippen molar-refractivity contribution in [3.63, 3.8) is 0 Å². The third kappa shape index (κ3) is 5.30. The summed E-state index contributed by atoms with van der Waals surface area (Å²) in [6, 6.07) is 10.0. The molecule has 1 aromatic carbocycles. The van der Waals surface area contributed by atoms with E-state index < -0.39 is 11.7 Å². The number of amides is 1. The van der Waals surface area contributed by atoms with Gasteiger partial charge in [0.15, 0.2) is 0 Å². The molecular weight excluding hydrogens is 240 g/mol. The van der Waals surface area contributed by atoms with Crippen molar-refractivity contribution in [1.29, 1.82) is 0 Å². The van der Waals surface area contributed by atoms with Crippen molar-refractivity contribution < 1.29 is 9.53 Å². The molecule has 0 unspecified atom stereocenters. The second-order valence-corrected chi connectivity index (χ2v) is 5.61. The van der Waals surface area contributed by atoms with Crippen LogP contribution in [0.5, 0.6) is 0 Å². The van der Waals surface area contributed by atoms with Crippen LogP contribution in [0.25, 0.3) is 0 Å². The maximum atomic E-state index is 11.8. The van der Waals surface area contributed by atoms with Crippen LogP contribution < -0.4 is 10.6 Å². The average molecular weight is 264 g/mol. The Hall–Kier alpha value is -1.55. The van der Waals surface area contributed by atoms with Gasteiger partial charge in [0.05, 0.1) is 6.04 Å². The van der Waals surface area contributed by atoms with Crippen LogP contribution in [-0.2, 0) is 4.74 Å². The molecule has 0 saturated heterocycles. The summed E-state index contributed by atoms with van der Waals surface area (Å²) < 4.78 is 5.26.